The summed E-state index contributed by atoms with van der Waals surface area (Å²) in [5, 5.41) is 1.13. The van der Waals surface area contributed by atoms with Crippen LogP contribution in [0.1, 0.15) is 0 Å². The van der Waals surface area contributed by atoms with E-state index in [9.17, 15) is 0 Å². The summed E-state index contributed by atoms with van der Waals surface area (Å²) in [5.74, 6) is 0.905. The normalized spacial score (nSPS) is 10.8. The molecule has 14 heavy (non-hydrogen) atoms. The van der Waals surface area contributed by atoms with Gasteiger partial charge < -0.3 is 4.43 Å². The summed E-state index contributed by atoms with van der Waals surface area (Å²) in [7, 11) is -0.717. The second-order valence-corrected chi connectivity index (χ2v) is 5.36. The molecular weight excluding hydrogens is 190 g/mol. The van der Waals surface area contributed by atoms with Gasteiger partial charge in [-0.25, -0.2) is 0 Å². The predicted octanol–water partition coefficient (Wildman–Crippen LogP) is 2.86. The summed E-state index contributed by atoms with van der Waals surface area (Å²) in [4.78, 5) is 4.33. The maximum Gasteiger partial charge on any atom is 0.274 e. The van der Waals surface area contributed by atoms with Crippen molar-refractivity contribution in [2.45, 2.75) is 13.1 Å². The number of pyridine rings is 1. The standard InChI is InChI=1S/C11H12NOSi/c1-14(2)13-10-7-3-5-9-6-4-8-12-11(9)10/h3-8H,1-2H3. The third-order valence-electron chi connectivity index (χ3n) is 1.91. The molecule has 0 saturated carbocycles. The molecule has 0 atom stereocenters. The Morgan fingerprint density at radius 3 is 2.71 bits per heavy atom. The van der Waals surface area contributed by atoms with Gasteiger partial charge in [-0.3, -0.25) is 4.98 Å². The first-order valence-corrected chi connectivity index (χ1v) is 7.00. The summed E-state index contributed by atoms with van der Waals surface area (Å²) < 4.78 is 5.77. The van der Waals surface area contributed by atoms with Crippen molar-refractivity contribution in [3.8, 4) is 5.75 Å². The smallest absolute Gasteiger partial charge is 0.274 e. The average Bonchev–Trinajstić information content (AvgIpc) is 2.18. The fourth-order valence-electron chi connectivity index (χ4n) is 1.38. The first-order valence-electron chi connectivity index (χ1n) is 4.59. The number of benzene rings is 1. The summed E-state index contributed by atoms with van der Waals surface area (Å²) in [6, 6.07) is 10.0. The lowest BCUT2D eigenvalue weighted by Gasteiger charge is -2.09. The van der Waals surface area contributed by atoms with E-state index in [0.717, 1.165) is 16.7 Å². The molecule has 1 aromatic carbocycles. The van der Waals surface area contributed by atoms with E-state index in [-0.39, 0.29) is 0 Å². The highest BCUT2D eigenvalue weighted by molar-refractivity contribution is 6.49. The minimum atomic E-state index is -0.717. The Hall–Kier alpha value is -1.35. The number of nitrogens with zero attached hydrogens (tertiary/aromatic N) is 1. The molecule has 0 spiro atoms. The van der Waals surface area contributed by atoms with E-state index in [1.807, 2.05) is 30.3 Å². The molecule has 0 unspecified atom stereocenters. The average molecular weight is 202 g/mol. The fraction of sp³-hybridized carbons (Fsp3) is 0.182. The van der Waals surface area contributed by atoms with Crippen LogP contribution in [0, 0.1) is 0 Å². The van der Waals surface area contributed by atoms with Crippen molar-refractivity contribution < 1.29 is 4.43 Å². The van der Waals surface area contributed by atoms with E-state index in [1.54, 1.807) is 6.20 Å². The first kappa shape index (κ1) is 9.21. The summed E-state index contributed by atoms with van der Waals surface area (Å²) >= 11 is 0. The van der Waals surface area contributed by atoms with Gasteiger partial charge in [-0.2, -0.15) is 0 Å². The molecule has 0 aliphatic rings. The van der Waals surface area contributed by atoms with Crippen LogP contribution in [0.2, 0.25) is 13.1 Å². The molecule has 0 amide bonds. The van der Waals surface area contributed by atoms with Crippen LogP contribution >= 0.6 is 0 Å². The van der Waals surface area contributed by atoms with E-state index in [0.29, 0.717) is 0 Å². The lowest BCUT2D eigenvalue weighted by molar-refractivity contribution is 0.586. The van der Waals surface area contributed by atoms with Gasteiger partial charge in [0, 0.05) is 11.6 Å². The van der Waals surface area contributed by atoms with Crippen molar-refractivity contribution in [2.24, 2.45) is 0 Å². The molecule has 0 aliphatic heterocycles. The van der Waals surface area contributed by atoms with Crippen LogP contribution in [0.3, 0.4) is 0 Å². The molecular formula is C11H12NOSi. The molecule has 2 aromatic rings. The van der Waals surface area contributed by atoms with Gasteiger partial charge in [-0.15, -0.1) is 0 Å². The van der Waals surface area contributed by atoms with Crippen LogP contribution in [0.5, 0.6) is 5.75 Å². The summed E-state index contributed by atoms with van der Waals surface area (Å²) in [5.41, 5.74) is 0.959. The zero-order valence-electron chi connectivity index (χ0n) is 8.32. The molecule has 1 heterocycles. The zero-order chi connectivity index (χ0) is 9.97. The molecule has 0 bridgehead atoms. The zero-order valence-corrected chi connectivity index (χ0v) is 9.32. The van der Waals surface area contributed by atoms with Gasteiger partial charge in [-0.1, -0.05) is 18.2 Å². The van der Waals surface area contributed by atoms with E-state index in [2.05, 4.69) is 18.1 Å². The third-order valence-corrected chi connectivity index (χ3v) is 2.54. The minimum Gasteiger partial charge on any atom is -0.541 e. The molecule has 2 nitrogen and oxygen atoms in total. The number of hydrogen-bond donors (Lipinski definition) is 0. The largest absolute Gasteiger partial charge is 0.541 e. The van der Waals surface area contributed by atoms with E-state index in [1.165, 1.54) is 0 Å². The highest BCUT2D eigenvalue weighted by Crippen LogP contribution is 2.23. The van der Waals surface area contributed by atoms with Gasteiger partial charge >= 0.3 is 0 Å². The Balaban J connectivity index is 2.53. The number of para-hydroxylation sites is 1. The quantitative estimate of drug-likeness (QED) is 0.699. The molecule has 3 heteroatoms. The lowest BCUT2D eigenvalue weighted by Crippen LogP contribution is -2.11. The Bertz CT molecular complexity index is 437. The van der Waals surface area contributed by atoms with Crippen LogP contribution in [0.15, 0.2) is 36.5 Å². The van der Waals surface area contributed by atoms with Crippen LogP contribution in [-0.4, -0.2) is 14.0 Å². The molecule has 1 radical (unpaired) electrons. The van der Waals surface area contributed by atoms with E-state index in [4.69, 9.17) is 4.43 Å². The van der Waals surface area contributed by atoms with Crippen LogP contribution < -0.4 is 4.43 Å². The van der Waals surface area contributed by atoms with Crippen molar-refractivity contribution >= 4 is 19.9 Å². The fourth-order valence-corrected chi connectivity index (χ4v) is 1.98. The highest BCUT2D eigenvalue weighted by Gasteiger charge is 2.05. The minimum absolute atomic E-state index is 0.717. The van der Waals surface area contributed by atoms with Crippen molar-refractivity contribution in [2.75, 3.05) is 0 Å². The van der Waals surface area contributed by atoms with Crippen molar-refractivity contribution in [3.63, 3.8) is 0 Å². The van der Waals surface area contributed by atoms with Crippen molar-refractivity contribution in [1.82, 2.24) is 4.98 Å². The Kier molecular flexibility index (Phi) is 2.50. The van der Waals surface area contributed by atoms with Crippen molar-refractivity contribution in [3.05, 3.63) is 36.5 Å². The SMILES string of the molecule is C[Si](C)Oc1cccc2cccnc12. The Morgan fingerprint density at radius 1 is 1.14 bits per heavy atom. The maximum absolute atomic E-state index is 5.77. The van der Waals surface area contributed by atoms with Gasteiger partial charge in [0.25, 0.3) is 9.04 Å². The summed E-state index contributed by atoms with van der Waals surface area (Å²) in [6.45, 7) is 4.24. The molecule has 0 fully saturated rings. The number of aromatic nitrogens is 1. The highest BCUT2D eigenvalue weighted by atomic mass is 28.3. The third kappa shape index (κ3) is 1.77. The number of fused-ring (bicyclic) bond motifs is 1. The Morgan fingerprint density at radius 2 is 1.93 bits per heavy atom. The van der Waals surface area contributed by atoms with Gasteiger partial charge in [0.05, 0.1) is 0 Å². The van der Waals surface area contributed by atoms with Gasteiger partial charge in [0.1, 0.15) is 11.3 Å². The molecule has 1 aromatic heterocycles. The van der Waals surface area contributed by atoms with Gasteiger partial charge in [-0.05, 0) is 25.2 Å². The first-order chi connectivity index (χ1) is 6.77. The molecule has 0 aliphatic carbocycles. The van der Waals surface area contributed by atoms with E-state index >= 15 is 0 Å². The van der Waals surface area contributed by atoms with Gasteiger partial charge in [0.2, 0.25) is 0 Å². The predicted molar refractivity (Wildman–Crippen MR) is 59.9 cm³/mol. The second-order valence-electron chi connectivity index (χ2n) is 3.34. The summed E-state index contributed by atoms with van der Waals surface area (Å²) in [6.07, 6.45) is 1.80. The number of rotatable bonds is 2. The monoisotopic (exact) mass is 202 g/mol. The van der Waals surface area contributed by atoms with Crippen molar-refractivity contribution in [1.29, 1.82) is 0 Å². The molecule has 0 saturated heterocycles. The lowest BCUT2D eigenvalue weighted by atomic mass is 10.2. The topological polar surface area (TPSA) is 22.1 Å². The molecule has 2 rings (SSSR count). The number of hydrogen-bond acceptors (Lipinski definition) is 2. The van der Waals surface area contributed by atoms with Crippen LogP contribution in [0.25, 0.3) is 10.9 Å². The Labute approximate surface area is 85.3 Å². The van der Waals surface area contributed by atoms with Gasteiger partial charge in [0.15, 0.2) is 0 Å². The maximum atomic E-state index is 5.77. The second kappa shape index (κ2) is 3.80. The molecule has 0 N–H and O–H groups in total. The molecule has 71 valence electrons. The van der Waals surface area contributed by atoms with Crippen LogP contribution in [0.4, 0.5) is 0 Å². The van der Waals surface area contributed by atoms with Crippen LogP contribution in [-0.2, 0) is 0 Å². The van der Waals surface area contributed by atoms with E-state index < -0.39 is 9.04 Å².